The minimum Gasteiger partial charge on any atom is -0.456 e. The molecule has 0 bridgehead atoms. The Morgan fingerprint density at radius 2 is 1.51 bits per heavy atom. The van der Waals surface area contributed by atoms with Crippen LogP contribution in [0.15, 0.2) is 95.4 Å². The second-order valence-corrected chi connectivity index (χ2v) is 10.1. The van der Waals surface area contributed by atoms with Gasteiger partial charge in [0.15, 0.2) is 5.76 Å². The van der Waals surface area contributed by atoms with Gasteiger partial charge < -0.3 is 14.8 Å². The quantitative estimate of drug-likeness (QED) is 0.319. The summed E-state index contributed by atoms with van der Waals surface area (Å²) in [4.78, 5) is 13.2. The van der Waals surface area contributed by atoms with Crippen LogP contribution < -0.4 is 5.32 Å². The van der Waals surface area contributed by atoms with E-state index in [1.807, 2.05) is 66.7 Å². The first-order chi connectivity index (χ1) is 16.7. The molecule has 180 valence electrons. The van der Waals surface area contributed by atoms with Gasteiger partial charge in [-0.25, -0.2) is 0 Å². The number of nitrogens with one attached hydrogen (secondary N) is 1. The van der Waals surface area contributed by atoms with E-state index >= 15 is 0 Å². The van der Waals surface area contributed by atoms with Crippen LogP contribution in [0.3, 0.4) is 0 Å². The number of hydrogen-bond donors (Lipinski definition) is 2. The third kappa shape index (κ3) is 5.90. The van der Waals surface area contributed by atoms with E-state index in [2.05, 4.69) is 51.2 Å². The molecule has 4 aromatic rings. The summed E-state index contributed by atoms with van der Waals surface area (Å²) in [5, 5.41) is 14.1. The zero-order chi connectivity index (χ0) is 25.0. The monoisotopic (exact) mass is 467 g/mol. The van der Waals surface area contributed by atoms with E-state index in [-0.39, 0.29) is 17.1 Å². The number of carbonyl (C=O) groups excluding carboxylic acids is 1. The summed E-state index contributed by atoms with van der Waals surface area (Å²) in [6.07, 6.45) is -0.294. The van der Waals surface area contributed by atoms with E-state index in [4.69, 9.17) is 4.42 Å². The van der Waals surface area contributed by atoms with Gasteiger partial charge in [0.05, 0.1) is 6.04 Å². The lowest BCUT2D eigenvalue weighted by Gasteiger charge is -2.24. The van der Waals surface area contributed by atoms with Crippen LogP contribution in [0.4, 0.5) is 0 Å². The third-order valence-electron chi connectivity index (χ3n) is 6.37. The van der Waals surface area contributed by atoms with Gasteiger partial charge >= 0.3 is 0 Å². The van der Waals surface area contributed by atoms with Crippen LogP contribution in [0.25, 0.3) is 0 Å². The highest BCUT2D eigenvalue weighted by Crippen LogP contribution is 2.30. The van der Waals surface area contributed by atoms with E-state index in [0.717, 1.165) is 16.9 Å². The number of aryl methyl sites for hydroxylation is 1. The van der Waals surface area contributed by atoms with Gasteiger partial charge in [0.1, 0.15) is 11.9 Å². The first-order valence-electron chi connectivity index (χ1n) is 12.0. The summed E-state index contributed by atoms with van der Waals surface area (Å²) >= 11 is 0. The molecule has 0 aliphatic rings. The largest absolute Gasteiger partial charge is 0.456 e. The lowest BCUT2D eigenvalue weighted by atomic mass is 9.85. The molecule has 35 heavy (non-hydrogen) atoms. The van der Waals surface area contributed by atoms with Gasteiger partial charge in [-0.3, -0.25) is 4.79 Å². The molecule has 2 N–H and O–H groups in total. The third-order valence-corrected chi connectivity index (χ3v) is 6.37. The van der Waals surface area contributed by atoms with Gasteiger partial charge in [-0.15, -0.1) is 0 Å². The Labute approximate surface area is 207 Å². The molecule has 4 nitrogen and oxygen atoms in total. The van der Waals surface area contributed by atoms with Gasteiger partial charge in [0.25, 0.3) is 5.91 Å². The van der Waals surface area contributed by atoms with Gasteiger partial charge in [0.2, 0.25) is 0 Å². The SMILES string of the molecule is Cc1ccc(C(C)(C)C)cc1Cc1ccc(C(=O)NC(c2ccccc2)C(O)c2ccccc2)o1. The highest BCUT2D eigenvalue weighted by molar-refractivity contribution is 5.91. The highest BCUT2D eigenvalue weighted by Gasteiger charge is 2.26. The van der Waals surface area contributed by atoms with E-state index in [9.17, 15) is 9.90 Å². The molecule has 1 heterocycles. The maximum absolute atomic E-state index is 13.2. The smallest absolute Gasteiger partial charge is 0.287 e. The lowest BCUT2D eigenvalue weighted by Crippen LogP contribution is -2.32. The van der Waals surface area contributed by atoms with Crippen molar-refractivity contribution in [1.82, 2.24) is 5.32 Å². The van der Waals surface area contributed by atoms with E-state index in [0.29, 0.717) is 6.42 Å². The van der Waals surface area contributed by atoms with Crippen LogP contribution in [0.2, 0.25) is 0 Å². The summed E-state index contributed by atoms with van der Waals surface area (Å²) in [6, 6.07) is 28.3. The standard InChI is InChI=1S/C31H33NO3/c1-21-15-16-25(31(2,3)4)19-24(21)20-26-17-18-27(35-26)30(34)32-28(22-11-7-5-8-12-22)29(33)23-13-9-6-10-14-23/h5-19,28-29,33H,20H2,1-4H3,(H,32,34). The maximum Gasteiger partial charge on any atom is 0.287 e. The minimum atomic E-state index is -0.903. The van der Waals surface area contributed by atoms with Crippen LogP contribution in [-0.2, 0) is 11.8 Å². The van der Waals surface area contributed by atoms with Gasteiger partial charge in [0, 0.05) is 6.42 Å². The van der Waals surface area contributed by atoms with E-state index < -0.39 is 12.1 Å². The normalized spacial score (nSPS) is 13.3. The predicted octanol–water partition coefficient (Wildman–Crippen LogP) is 6.68. The first kappa shape index (κ1) is 24.5. The Balaban J connectivity index is 1.54. The lowest BCUT2D eigenvalue weighted by molar-refractivity contribution is 0.0804. The fourth-order valence-corrected chi connectivity index (χ4v) is 4.17. The molecule has 0 aliphatic carbocycles. The number of rotatable bonds is 7. The summed E-state index contributed by atoms with van der Waals surface area (Å²) < 4.78 is 5.96. The summed E-state index contributed by atoms with van der Waals surface area (Å²) in [6.45, 7) is 8.69. The molecular formula is C31H33NO3. The summed E-state index contributed by atoms with van der Waals surface area (Å²) in [5.74, 6) is 0.593. The molecule has 1 amide bonds. The fraction of sp³-hybridized carbons (Fsp3) is 0.258. The molecular weight excluding hydrogens is 434 g/mol. The zero-order valence-electron chi connectivity index (χ0n) is 20.8. The number of furan rings is 1. The second kappa shape index (κ2) is 10.3. The predicted molar refractivity (Wildman–Crippen MR) is 139 cm³/mol. The highest BCUT2D eigenvalue weighted by atomic mass is 16.4. The molecule has 3 aromatic carbocycles. The van der Waals surface area contributed by atoms with Crippen LogP contribution in [0, 0.1) is 6.92 Å². The second-order valence-electron chi connectivity index (χ2n) is 10.1. The van der Waals surface area contributed by atoms with Crippen molar-refractivity contribution < 1.29 is 14.3 Å². The molecule has 4 heteroatoms. The summed E-state index contributed by atoms with van der Waals surface area (Å²) in [7, 11) is 0. The number of carbonyl (C=O) groups is 1. The molecule has 0 radical (unpaired) electrons. The van der Waals surface area contributed by atoms with Crippen LogP contribution in [0.1, 0.15) is 77.0 Å². The Morgan fingerprint density at radius 1 is 0.886 bits per heavy atom. The van der Waals surface area contributed by atoms with Crippen molar-refractivity contribution in [2.24, 2.45) is 0 Å². The number of amides is 1. The number of hydrogen-bond acceptors (Lipinski definition) is 3. The van der Waals surface area contributed by atoms with Crippen molar-refractivity contribution in [2.45, 2.75) is 51.7 Å². The van der Waals surface area contributed by atoms with Crippen molar-refractivity contribution in [3.05, 3.63) is 130 Å². The van der Waals surface area contributed by atoms with Crippen molar-refractivity contribution in [3.8, 4) is 0 Å². The number of benzene rings is 3. The van der Waals surface area contributed by atoms with Crippen molar-refractivity contribution in [2.75, 3.05) is 0 Å². The Morgan fingerprint density at radius 3 is 2.14 bits per heavy atom. The molecule has 0 fully saturated rings. The van der Waals surface area contributed by atoms with E-state index in [1.165, 1.54) is 16.7 Å². The van der Waals surface area contributed by atoms with Crippen LogP contribution in [-0.4, -0.2) is 11.0 Å². The molecule has 0 spiro atoms. The zero-order valence-corrected chi connectivity index (χ0v) is 20.8. The van der Waals surface area contributed by atoms with Gasteiger partial charge in [-0.1, -0.05) is 99.6 Å². The molecule has 1 aromatic heterocycles. The number of aliphatic hydroxyl groups is 1. The Hall–Kier alpha value is -3.63. The van der Waals surface area contributed by atoms with E-state index in [1.54, 1.807) is 6.07 Å². The van der Waals surface area contributed by atoms with Crippen LogP contribution in [0.5, 0.6) is 0 Å². The molecule has 2 unspecified atom stereocenters. The first-order valence-corrected chi connectivity index (χ1v) is 12.0. The van der Waals surface area contributed by atoms with Crippen molar-refractivity contribution >= 4 is 5.91 Å². The van der Waals surface area contributed by atoms with Crippen molar-refractivity contribution in [3.63, 3.8) is 0 Å². The molecule has 0 aliphatic heterocycles. The Kier molecular flexibility index (Phi) is 7.23. The Bertz CT molecular complexity index is 1270. The topological polar surface area (TPSA) is 62.5 Å². The number of aliphatic hydroxyl groups excluding tert-OH is 1. The van der Waals surface area contributed by atoms with Crippen LogP contribution >= 0.6 is 0 Å². The van der Waals surface area contributed by atoms with Crippen molar-refractivity contribution in [1.29, 1.82) is 0 Å². The molecule has 4 rings (SSSR count). The summed E-state index contributed by atoms with van der Waals surface area (Å²) in [5.41, 5.74) is 5.25. The average Bonchev–Trinajstić information content (AvgIpc) is 3.32. The molecule has 2 atom stereocenters. The minimum absolute atomic E-state index is 0.0582. The molecule has 0 saturated carbocycles. The van der Waals surface area contributed by atoms with Gasteiger partial charge in [-0.05, 0) is 52.3 Å². The molecule has 0 saturated heterocycles. The average molecular weight is 468 g/mol. The maximum atomic E-state index is 13.2. The fourth-order valence-electron chi connectivity index (χ4n) is 4.17. The van der Waals surface area contributed by atoms with Gasteiger partial charge in [-0.2, -0.15) is 0 Å².